The van der Waals surface area contributed by atoms with E-state index in [0.29, 0.717) is 5.69 Å². The van der Waals surface area contributed by atoms with Crippen molar-refractivity contribution < 1.29 is 9.84 Å². The van der Waals surface area contributed by atoms with E-state index in [2.05, 4.69) is 22.1 Å². The number of nitrogens with zero attached hydrogens (tertiary/aromatic N) is 3. The number of benzene rings is 1. The third-order valence-electron chi connectivity index (χ3n) is 5.28. The van der Waals surface area contributed by atoms with Crippen molar-refractivity contribution in [2.45, 2.75) is 39.2 Å². The molecule has 1 aromatic carbocycles. The van der Waals surface area contributed by atoms with E-state index in [1.165, 1.54) is 6.42 Å². The van der Waals surface area contributed by atoms with Gasteiger partial charge in [0.15, 0.2) is 0 Å². The molecule has 0 aliphatic carbocycles. The van der Waals surface area contributed by atoms with Gasteiger partial charge in [0.25, 0.3) is 0 Å². The molecular formula is C21H29N3O2. The molecule has 1 aromatic heterocycles. The quantitative estimate of drug-likeness (QED) is 0.909. The Balaban J connectivity index is 1.88. The molecule has 2 aromatic rings. The van der Waals surface area contributed by atoms with Crippen LogP contribution in [0.4, 0.5) is 0 Å². The SMILES string of the molecule is COc1cc(C)ccc1-c1nnc(C(O)C2CCCCN(C)C2)cc1C. The predicted octanol–water partition coefficient (Wildman–Crippen LogP) is 3.53. The highest BCUT2D eigenvalue weighted by molar-refractivity contribution is 5.70. The molecule has 1 aliphatic rings. The van der Waals surface area contributed by atoms with Crippen molar-refractivity contribution in [3.63, 3.8) is 0 Å². The van der Waals surface area contributed by atoms with Crippen molar-refractivity contribution in [1.82, 2.24) is 15.1 Å². The maximum absolute atomic E-state index is 10.9. The molecule has 5 nitrogen and oxygen atoms in total. The molecule has 0 saturated carbocycles. The lowest BCUT2D eigenvalue weighted by molar-refractivity contribution is 0.0835. The van der Waals surface area contributed by atoms with Gasteiger partial charge in [-0.1, -0.05) is 12.5 Å². The van der Waals surface area contributed by atoms with Gasteiger partial charge >= 0.3 is 0 Å². The van der Waals surface area contributed by atoms with Crippen LogP contribution < -0.4 is 4.74 Å². The van der Waals surface area contributed by atoms with Crippen LogP contribution in [0.1, 0.15) is 42.2 Å². The number of ether oxygens (including phenoxy) is 1. The zero-order valence-corrected chi connectivity index (χ0v) is 16.2. The summed E-state index contributed by atoms with van der Waals surface area (Å²) in [5, 5.41) is 19.7. The van der Waals surface area contributed by atoms with Crippen LogP contribution in [-0.2, 0) is 0 Å². The number of hydrogen-bond acceptors (Lipinski definition) is 5. The Morgan fingerprint density at radius 3 is 2.73 bits per heavy atom. The average Bonchev–Trinajstić information content (AvgIpc) is 2.85. The van der Waals surface area contributed by atoms with Crippen molar-refractivity contribution in [3.8, 4) is 17.0 Å². The predicted molar refractivity (Wildman–Crippen MR) is 103 cm³/mol. The fourth-order valence-electron chi connectivity index (χ4n) is 3.78. The molecule has 2 atom stereocenters. The van der Waals surface area contributed by atoms with Crippen molar-refractivity contribution in [2.75, 3.05) is 27.2 Å². The first-order valence-corrected chi connectivity index (χ1v) is 9.35. The van der Waals surface area contributed by atoms with Crippen LogP contribution in [0.25, 0.3) is 11.3 Å². The van der Waals surface area contributed by atoms with Gasteiger partial charge in [0.2, 0.25) is 0 Å². The van der Waals surface area contributed by atoms with E-state index in [4.69, 9.17) is 4.74 Å². The molecule has 140 valence electrons. The molecule has 2 heterocycles. The third kappa shape index (κ3) is 4.05. The lowest BCUT2D eigenvalue weighted by atomic mass is 9.93. The second-order valence-corrected chi connectivity index (χ2v) is 7.47. The molecule has 1 saturated heterocycles. The molecular weight excluding hydrogens is 326 g/mol. The molecule has 3 rings (SSSR count). The Hall–Kier alpha value is -1.98. The summed E-state index contributed by atoms with van der Waals surface area (Å²) in [6.07, 6.45) is 2.80. The number of aryl methyl sites for hydroxylation is 2. The zero-order chi connectivity index (χ0) is 18.7. The number of aromatic nitrogens is 2. The monoisotopic (exact) mass is 355 g/mol. The summed E-state index contributed by atoms with van der Waals surface area (Å²) in [4.78, 5) is 2.30. The highest BCUT2D eigenvalue weighted by Gasteiger charge is 2.26. The molecule has 0 spiro atoms. The van der Waals surface area contributed by atoms with Crippen molar-refractivity contribution in [1.29, 1.82) is 0 Å². The molecule has 1 fully saturated rings. The van der Waals surface area contributed by atoms with E-state index >= 15 is 0 Å². The van der Waals surface area contributed by atoms with Gasteiger partial charge in [-0.05, 0) is 69.6 Å². The van der Waals surface area contributed by atoms with Crippen LogP contribution in [0, 0.1) is 19.8 Å². The van der Waals surface area contributed by atoms with Crippen LogP contribution >= 0.6 is 0 Å². The summed E-state index contributed by atoms with van der Waals surface area (Å²) in [6.45, 7) is 6.04. The van der Waals surface area contributed by atoms with Gasteiger partial charge in [0.05, 0.1) is 18.5 Å². The molecule has 1 aliphatic heterocycles. The highest BCUT2D eigenvalue weighted by atomic mass is 16.5. The minimum absolute atomic E-state index is 0.205. The van der Waals surface area contributed by atoms with E-state index in [9.17, 15) is 5.11 Å². The third-order valence-corrected chi connectivity index (χ3v) is 5.28. The summed E-state index contributed by atoms with van der Waals surface area (Å²) in [6, 6.07) is 8.03. The molecule has 0 bridgehead atoms. The topological polar surface area (TPSA) is 58.5 Å². The molecule has 0 amide bonds. The van der Waals surface area contributed by atoms with Crippen molar-refractivity contribution >= 4 is 0 Å². The summed E-state index contributed by atoms with van der Waals surface area (Å²) in [7, 11) is 3.79. The first-order valence-electron chi connectivity index (χ1n) is 9.35. The lowest BCUT2D eigenvalue weighted by Crippen LogP contribution is -2.28. The maximum atomic E-state index is 10.9. The van der Waals surface area contributed by atoms with E-state index in [0.717, 1.165) is 54.1 Å². The lowest BCUT2D eigenvalue weighted by Gasteiger charge is -2.24. The standard InChI is InChI=1S/C21H29N3O2/c1-14-8-9-17(19(11-14)26-4)20-15(2)12-18(22-23-20)21(25)16-7-5-6-10-24(3)13-16/h8-9,11-12,16,21,25H,5-7,10,13H2,1-4H3. The van der Waals surface area contributed by atoms with Crippen LogP contribution in [-0.4, -0.2) is 47.5 Å². The van der Waals surface area contributed by atoms with Crippen LogP contribution in [0.2, 0.25) is 0 Å². The van der Waals surface area contributed by atoms with Crippen LogP contribution in [0.5, 0.6) is 5.75 Å². The fraction of sp³-hybridized carbons (Fsp3) is 0.524. The first-order chi connectivity index (χ1) is 12.5. The van der Waals surface area contributed by atoms with Crippen molar-refractivity contribution in [2.24, 2.45) is 5.92 Å². The number of likely N-dealkylation sites (tertiary alicyclic amines) is 1. The number of aliphatic hydroxyl groups is 1. The highest BCUT2D eigenvalue weighted by Crippen LogP contribution is 2.33. The van der Waals surface area contributed by atoms with Crippen molar-refractivity contribution in [3.05, 3.63) is 41.1 Å². The Bertz CT molecular complexity index is 763. The molecule has 5 heteroatoms. The van der Waals surface area contributed by atoms with E-state index in [-0.39, 0.29) is 5.92 Å². The normalized spacial score (nSPS) is 19.8. The second-order valence-electron chi connectivity index (χ2n) is 7.47. The number of aliphatic hydroxyl groups excluding tert-OH is 1. The van der Waals surface area contributed by atoms with Gasteiger partial charge in [-0.25, -0.2) is 0 Å². The van der Waals surface area contributed by atoms with E-state index in [1.807, 2.05) is 38.1 Å². The van der Waals surface area contributed by atoms with Crippen LogP contribution in [0.15, 0.2) is 24.3 Å². The minimum atomic E-state index is -0.573. The molecule has 2 unspecified atom stereocenters. The Morgan fingerprint density at radius 1 is 1.19 bits per heavy atom. The number of hydrogen-bond donors (Lipinski definition) is 1. The van der Waals surface area contributed by atoms with Gasteiger partial charge < -0.3 is 14.7 Å². The summed E-state index contributed by atoms with van der Waals surface area (Å²) in [5.41, 5.74) is 4.53. The van der Waals surface area contributed by atoms with Crippen LogP contribution in [0.3, 0.4) is 0 Å². The molecule has 1 N–H and O–H groups in total. The van der Waals surface area contributed by atoms with Gasteiger partial charge in [-0.2, -0.15) is 5.10 Å². The van der Waals surface area contributed by atoms with E-state index in [1.54, 1.807) is 7.11 Å². The second kappa shape index (κ2) is 8.14. The van der Waals surface area contributed by atoms with Gasteiger partial charge in [0.1, 0.15) is 11.9 Å². The summed E-state index contributed by atoms with van der Waals surface area (Å²) < 4.78 is 5.51. The van der Waals surface area contributed by atoms with E-state index < -0.39 is 6.10 Å². The smallest absolute Gasteiger partial charge is 0.128 e. The molecule has 0 radical (unpaired) electrons. The fourth-order valence-corrected chi connectivity index (χ4v) is 3.78. The minimum Gasteiger partial charge on any atom is -0.496 e. The number of rotatable bonds is 4. The Kier molecular flexibility index (Phi) is 5.89. The summed E-state index contributed by atoms with van der Waals surface area (Å²) in [5.74, 6) is 0.997. The van der Waals surface area contributed by atoms with Gasteiger partial charge in [-0.15, -0.1) is 5.10 Å². The van der Waals surface area contributed by atoms with Gasteiger partial charge in [0, 0.05) is 18.0 Å². The molecule has 26 heavy (non-hydrogen) atoms. The summed E-state index contributed by atoms with van der Waals surface area (Å²) >= 11 is 0. The maximum Gasteiger partial charge on any atom is 0.128 e. The number of methoxy groups -OCH3 is 1. The Labute approximate surface area is 156 Å². The Morgan fingerprint density at radius 2 is 2.00 bits per heavy atom. The van der Waals surface area contributed by atoms with Gasteiger partial charge in [-0.3, -0.25) is 0 Å². The zero-order valence-electron chi connectivity index (χ0n) is 16.2. The largest absolute Gasteiger partial charge is 0.496 e. The average molecular weight is 355 g/mol. The first kappa shape index (κ1) is 18.8.